The van der Waals surface area contributed by atoms with Crippen molar-refractivity contribution in [1.82, 2.24) is 15.1 Å². The number of hydroxylamine groups is 2. The Balaban J connectivity index is 2.87. The molecule has 32 heavy (non-hydrogen) atoms. The van der Waals surface area contributed by atoms with Crippen LogP contribution in [0, 0.1) is 20.8 Å². The van der Waals surface area contributed by atoms with Crippen LogP contribution in [0.4, 0.5) is 4.79 Å². The summed E-state index contributed by atoms with van der Waals surface area (Å²) in [5, 5.41) is 11.9. The van der Waals surface area contributed by atoms with Crippen molar-refractivity contribution >= 4 is 28.0 Å². The SMILES string of the molecule is COc1cc(C)c(S(=O)(=O)NC(N)=NCCC[C@H](NC(=O)O)C(=O)N(C)OC)c(C)c1C. The molecule has 0 bridgehead atoms. The van der Waals surface area contributed by atoms with Crippen LogP contribution < -0.4 is 20.5 Å². The van der Waals surface area contributed by atoms with Gasteiger partial charge in [0.05, 0.1) is 19.1 Å². The predicted octanol–water partition coefficient (Wildman–Crippen LogP) is 0.650. The summed E-state index contributed by atoms with van der Waals surface area (Å²) in [6, 6.07) is 0.589. The highest BCUT2D eigenvalue weighted by Crippen LogP contribution is 2.30. The average Bonchev–Trinajstić information content (AvgIpc) is 2.70. The minimum absolute atomic E-state index is 0.0652. The third-order valence-electron chi connectivity index (χ3n) is 4.82. The zero-order chi connectivity index (χ0) is 24.6. The van der Waals surface area contributed by atoms with Gasteiger partial charge in [-0.25, -0.2) is 23.0 Å². The van der Waals surface area contributed by atoms with Crippen molar-refractivity contribution in [2.24, 2.45) is 10.7 Å². The number of amides is 2. The highest BCUT2D eigenvalue weighted by atomic mass is 32.2. The lowest BCUT2D eigenvalue weighted by atomic mass is 10.1. The number of carboxylic acid groups (broad SMARTS) is 1. The molecule has 1 aromatic carbocycles. The molecule has 0 unspecified atom stereocenters. The van der Waals surface area contributed by atoms with Crippen molar-refractivity contribution in [3.63, 3.8) is 0 Å². The lowest BCUT2D eigenvalue weighted by Gasteiger charge is -2.21. The maximum Gasteiger partial charge on any atom is 0.405 e. The van der Waals surface area contributed by atoms with Crippen LogP contribution >= 0.6 is 0 Å². The predicted molar refractivity (Wildman–Crippen MR) is 118 cm³/mol. The van der Waals surface area contributed by atoms with E-state index in [-0.39, 0.29) is 30.2 Å². The van der Waals surface area contributed by atoms with Crippen molar-refractivity contribution in [2.75, 3.05) is 27.8 Å². The fourth-order valence-electron chi connectivity index (χ4n) is 3.08. The van der Waals surface area contributed by atoms with Crippen molar-refractivity contribution in [3.05, 3.63) is 22.8 Å². The number of likely N-dealkylation sites (N-methyl/N-ethyl adjacent to an activating group) is 1. The summed E-state index contributed by atoms with van der Waals surface area (Å²) in [5.41, 5.74) is 7.47. The number of nitrogens with one attached hydrogen (secondary N) is 2. The number of methoxy groups -OCH3 is 1. The van der Waals surface area contributed by atoms with Gasteiger partial charge in [0, 0.05) is 13.6 Å². The van der Waals surface area contributed by atoms with Gasteiger partial charge in [0.25, 0.3) is 15.9 Å². The molecule has 0 aliphatic rings. The van der Waals surface area contributed by atoms with Gasteiger partial charge in [0.1, 0.15) is 11.8 Å². The molecule has 0 heterocycles. The van der Waals surface area contributed by atoms with Gasteiger partial charge >= 0.3 is 6.09 Å². The van der Waals surface area contributed by atoms with Crippen LogP contribution in [0.15, 0.2) is 16.0 Å². The van der Waals surface area contributed by atoms with Crippen molar-refractivity contribution in [3.8, 4) is 5.75 Å². The number of hydrogen-bond acceptors (Lipinski definition) is 7. The molecule has 2 amide bonds. The molecule has 0 aliphatic carbocycles. The van der Waals surface area contributed by atoms with E-state index >= 15 is 0 Å². The molecule has 0 saturated heterocycles. The van der Waals surface area contributed by atoms with Crippen LogP contribution in [0.3, 0.4) is 0 Å². The minimum atomic E-state index is -3.99. The van der Waals surface area contributed by atoms with Crippen LogP contribution in [-0.2, 0) is 19.7 Å². The first-order valence-corrected chi connectivity index (χ1v) is 11.1. The Labute approximate surface area is 187 Å². The number of guanidine groups is 1. The highest BCUT2D eigenvalue weighted by Gasteiger charge is 2.25. The van der Waals surface area contributed by atoms with E-state index in [1.807, 2.05) is 0 Å². The van der Waals surface area contributed by atoms with Gasteiger partial charge in [-0.05, 0) is 56.4 Å². The summed E-state index contributed by atoms with van der Waals surface area (Å²) in [6.45, 7) is 5.15. The smallest absolute Gasteiger partial charge is 0.405 e. The Morgan fingerprint density at radius 2 is 1.88 bits per heavy atom. The van der Waals surface area contributed by atoms with Crippen LogP contribution in [0.2, 0.25) is 0 Å². The molecule has 0 aromatic heterocycles. The van der Waals surface area contributed by atoms with Crippen molar-refractivity contribution in [1.29, 1.82) is 0 Å². The van der Waals surface area contributed by atoms with E-state index in [9.17, 15) is 18.0 Å². The van der Waals surface area contributed by atoms with E-state index in [0.29, 0.717) is 22.4 Å². The minimum Gasteiger partial charge on any atom is -0.496 e. The fraction of sp³-hybridized carbons (Fsp3) is 0.526. The van der Waals surface area contributed by atoms with Crippen molar-refractivity contribution in [2.45, 2.75) is 44.6 Å². The monoisotopic (exact) mass is 473 g/mol. The van der Waals surface area contributed by atoms with Gasteiger partial charge in [-0.3, -0.25) is 14.6 Å². The Bertz CT molecular complexity index is 979. The summed E-state index contributed by atoms with van der Waals surface area (Å²) in [4.78, 5) is 31.9. The third-order valence-corrected chi connectivity index (χ3v) is 6.46. The van der Waals surface area contributed by atoms with E-state index in [0.717, 1.165) is 5.06 Å². The molecule has 1 aromatic rings. The Morgan fingerprint density at radius 1 is 1.25 bits per heavy atom. The van der Waals surface area contributed by atoms with E-state index in [2.05, 4.69) is 15.0 Å². The maximum absolute atomic E-state index is 12.8. The van der Waals surface area contributed by atoms with Crippen LogP contribution in [0.5, 0.6) is 5.75 Å². The molecule has 1 rings (SSSR count). The van der Waals surface area contributed by atoms with E-state index in [1.165, 1.54) is 21.3 Å². The molecule has 0 spiro atoms. The molecule has 5 N–H and O–H groups in total. The van der Waals surface area contributed by atoms with Gasteiger partial charge < -0.3 is 20.9 Å². The molecular formula is C19H31N5O7S. The van der Waals surface area contributed by atoms with Gasteiger partial charge in [0.2, 0.25) is 5.96 Å². The number of sulfonamides is 1. The Kier molecular flexibility index (Phi) is 9.72. The van der Waals surface area contributed by atoms with Gasteiger partial charge in [-0.1, -0.05) is 0 Å². The number of nitrogens with zero attached hydrogens (tertiary/aromatic N) is 2. The van der Waals surface area contributed by atoms with Crippen LogP contribution in [0.25, 0.3) is 0 Å². The number of rotatable bonds is 10. The lowest BCUT2D eigenvalue weighted by molar-refractivity contribution is -0.171. The fourth-order valence-corrected chi connectivity index (χ4v) is 4.56. The number of aliphatic imine (C=N–C) groups is 1. The summed E-state index contributed by atoms with van der Waals surface area (Å²) >= 11 is 0. The molecule has 1 atom stereocenters. The summed E-state index contributed by atoms with van der Waals surface area (Å²) in [5.74, 6) is -0.312. The highest BCUT2D eigenvalue weighted by molar-refractivity contribution is 7.90. The zero-order valence-electron chi connectivity index (χ0n) is 19.1. The molecule has 180 valence electrons. The van der Waals surface area contributed by atoms with E-state index < -0.39 is 28.1 Å². The second kappa shape index (κ2) is 11.5. The number of benzene rings is 1. The molecular weight excluding hydrogens is 442 g/mol. The Morgan fingerprint density at radius 3 is 2.41 bits per heavy atom. The van der Waals surface area contributed by atoms with Gasteiger partial charge in [-0.2, -0.15) is 0 Å². The molecule has 0 aliphatic heterocycles. The molecule has 0 radical (unpaired) electrons. The standard InChI is InChI=1S/C19H31N5O7S/c1-11-10-15(30-5)12(2)13(3)16(11)32(28,29)23-18(20)21-9-7-8-14(22-19(26)27)17(25)24(4)31-6/h10,14,22H,7-9H2,1-6H3,(H,26,27)(H3,20,21,23)/t14-/m0/s1. The first-order valence-electron chi connectivity index (χ1n) is 9.64. The number of carbonyl (C=O) groups is 2. The first-order chi connectivity index (χ1) is 14.8. The number of aryl methyl sites for hydroxylation is 1. The van der Waals surface area contributed by atoms with E-state index in [4.69, 9.17) is 20.4 Å². The molecule has 0 fully saturated rings. The van der Waals surface area contributed by atoms with Crippen LogP contribution in [-0.4, -0.2) is 70.4 Å². The molecule has 13 heteroatoms. The number of ether oxygens (including phenoxy) is 1. The third kappa shape index (κ3) is 6.99. The second-order valence-electron chi connectivity index (χ2n) is 7.01. The maximum atomic E-state index is 12.8. The molecule has 0 saturated carbocycles. The average molecular weight is 474 g/mol. The summed E-state index contributed by atoms with van der Waals surface area (Å²) in [6.07, 6.45) is -0.988. The summed E-state index contributed by atoms with van der Waals surface area (Å²) in [7, 11) is 0.149. The second-order valence-corrected chi connectivity index (χ2v) is 8.63. The zero-order valence-corrected chi connectivity index (χ0v) is 19.9. The number of nitrogens with two attached hydrogens (primary N) is 1. The van der Waals surface area contributed by atoms with Gasteiger partial charge in [-0.15, -0.1) is 0 Å². The number of hydrogen-bond donors (Lipinski definition) is 4. The quantitative estimate of drug-likeness (QED) is 0.166. The number of carbonyl (C=O) groups excluding carboxylic acids is 1. The first kappa shape index (κ1) is 27.0. The Hall–Kier alpha value is -3.06. The normalized spacial score (nSPS) is 12.8. The van der Waals surface area contributed by atoms with Crippen LogP contribution in [0.1, 0.15) is 29.5 Å². The van der Waals surface area contributed by atoms with E-state index in [1.54, 1.807) is 26.8 Å². The van der Waals surface area contributed by atoms with Crippen molar-refractivity contribution < 1.29 is 32.7 Å². The largest absolute Gasteiger partial charge is 0.496 e. The summed E-state index contributed by atoms with van der Waals surface area (Å²) < 4.78 is 33.2. The topological polar surface area (TPSA) is 173 Å². The molecule has 12 nitrogen and oxygen atoms in total. The van der Waals surface area contributed by atoms with Gasteiger partial charge in [0.15, 0.2) is 0 Å². The lowest BCUT2D eigenvalue weighted by Crippen LogP contribution is -2.46.